The van der Waals surface area contributed by atoms with Crippen molar-refractivity contribution in [3.8, 4) is 5.75 Å². The summed E-state index contributed by atoms with van der Waals surface area (Å²) in [6, 6.07) is 15.5. The number of nitrogens with one attached hydrogen (secondary N) is 1. The fourth-order valence-electron chi connectivity index (χ4n) is 2.51. The number of ether oxygens (including phenoxy) is 1. The quantitative estimate of drug-likeness (QED) is 0.700. The molecule has 0 unspecified atom stereocenters. The van der Waals surface area contributed by atoms with Crippen LogP contribution in [0.5, 0.6) is 5.75 Å². The molecule has 1 heterocycles. The first kappa shape index (κ1) is 16.4. The summed E-state index contributed by atoms with van der Waals surface area (Å²) >= 11 is 1.54. The number of methoxy groups -OCH3 is 1. The second-order valence-electron chi connectivity index (χ2n) is 5.30. The summed E-state index contributed by atoms with van der Waals surface area (Å²) in [6.07, 6.45) is 1.97. The first-order valence-corrected chi connectivity index (χ1v) is 8.82. The molecule has 1 aromatic heterocycles. The molecule has 0 spiro atoms. The third kappa shape index (κ3) is 3.54. The highest BCUT2D eigenvalue weighted by atomic mass is 32.2. The molecule has 24 heavy (non-hydrogen) atoms. The molecule has 0 fully saturated rings. The Morgan fingerprint density at radius 2 is 1.96 bits per heavy atom. The number of thioether (sulfide) groups is 1. The smallest absolute Gasteiger partial charge is 0.240 e. The van der Waals surface area contributed by atoms with E-state index in [9.17, 15) is 4.79 Å². The lowest BCUT2D eigenvalue weighted by molar-refractivity contribution is -0.121. The first-order valence-electron chi connectivity index (χ1n) is 7.60. The third-order valence-electron chi connectivity index (χ3n) is 3.75. The van der Waals surface area contributed by atoms with Gasteiger partial charge < -0.3 is 14.6 Å². The predicted molar refractivity (Wildman–Crippen MR) is 96.4 cm³/mol. The van der Waals surface area contributed by atoms with E-state index in [4.69, 9.17) is 4.74 Å². The summed E-state index contributed by atoms with van der Waals surface area (Å²) in [7, 11) is 1.63. The van der Waals surface area contributed by atoms with Crippen LogP contribution < -0.4 is 10.1 Å². The lowest BCUT2D eigenvalue weighted by atomic mass is 10.2. The summed E-state index contributed by atoms with van der Waals surface area (Å²) in [5, 5.41) is 3.80. The number of para-hydroxylation sites is 2. The van der Waals surface area contributed by atoms with Gasteiger partial charge in [-0.25, -0.2) is 4.98 Å². The van der Waals surface area contributed by atoms with Crippen LogP contribution in [0.2, 0.25) is 0 Å². The summed E-state index contributed by atoms with van der Waals surface area (Å²) in [4.78, 5) is 16.9. The number of amides is 1. The Balaban J connectivity index is 1.68. The molecule has 2 aromatic carbocycles. The van der Waals surface area contributed by atoms with Crippen LogP contribution in [0.1, 0.15) is 5.56 Å². The zero-order valence-electron chi connectivity index (χ0n) is 13.7. The Labute approximate surface area is 145 Å². The molecule has 5 nitrogen and oxygen atoms in total. The summed E-state index contributed by atoms with van der Waals surface area (Å²) < 4.78 is 7.08. The average Bonchev–Trinajstić information content (AvgIpc) is 2.98. The van der Waals surface area contributed by atoms with Gasteiger partial charge in [0.15, 0.2) is 5.16 Å². The lowest BCUT2D eigenvalue weighted by Crippen LogP contribution is -2.27. The Bertz CT molecular complexity index is 843. The highest BCUT2D eigenvalue weighted by Crippen LogP contribution is 2.22. The number of nitrogens with zero attached hydrogens (tertiary/aromatic N) is 2. The predicted octanol–water partition coefficient (Wildman–Crippen LogP) is 3.08. The van der Waals surface area contributed by atoms with Crippen LogP contribution >= 0.6 is 11.8 Å². The fourth-order valence-corrected chi connectivity index (χ4v) is 3.08. The molecule has 3 rings (SSSR count). The van der Waals surface area contributed by atoms with Crippen LogP contribution in [0.15, 0.2) is 53.7 Å². The van der Waals surface area contributed by atoms with E-state index in [0.717, 1.165) is 27.5 Å². The standard InChI is InChI=1S/C18H19N3O2S/c1-23-14-9-7-13(8-10-14)11-19-17(22)12-21-16-6-4-3-5-15(16)20-18(21)24-2/h3-10H,11-12H2,1-2H3,(H,19,22). The van der Waals surface area contributed by atoms with Crippen molar-refractivity contribution in [1.29, 1.82) is 0 Å². The number of aromatic nitrogens is 2. The molecular formula is C18H19N3O2S. The van der Waals surface area contributed by atoms with Gasteiger partial charge in [0.2, 0.25) is 5.91 Å². The molecule has 0 bridgehead atoms. The van der Waals surface area contributed by atoms with Crippen molar-refractivity contribution in [2.24, 2.45) is 0 Å². The van der Waals surface area contributed by atoms with Gasteiger partial charge in [0.05, 0.1) is 18.1 Å². The van der Waals surface area contributed by atoms with Crippen LogP contribution in [0.4, 0.5) is 0 Å². The van der Waals surface area contributed by atoms with Crippen LogP contribution in [-0.4, -0.2) is 28.8 Å². The molecule has 124 valence electrons. The molecular weight excluding hydrogens is 322 g/mol. The van der Waals surface area contributed by atoms with Gasteiger partial charge in [0, 0.05) is 6.54 Å². The van der Waals surface area contributed by atoms with Crippen molar-refractivity contribution >= 4 is 28.7 Å². The van der Waals surface area contributed by atoms with Crippen molar-refractivity contribution in [3.05, 3.63) is 54.1 Å². The summed E-state index contributed by atoms with van der Waals surface area (Å²) in [6.45, 7) is 0.747. The zero-order chi connectivity index (χ0) is 16.9. The van der Waals surface area contributed by atoms with E-state index < -0.39 is 0 Å². The van der Waals surface area contributed by atoms with Gasteiger partial charge in [-0.1, -0.05) is 36.0 Å². The number of hydrogen-bond donors (Lipinski definition) is 1. The molecule has 0 aliphatic rings. The van der Waals surface area contributed by atoms with Crippen LogP contribution in [0, 0.1) is 0 Å². The molecule has 0 radical (unpaired) electrons. The molecule has 0 atom stereocenters. The minimum absolute atomic E-state index is 0.0377. The molecule has 6 heteroatoms. The maximum atomic E-state index is 12.3. The van der Waals surface area contributed by atoms with Gasteiger partial charge >= 0.3 is 0 Å². The van der Waals surface area contributed by atoms with Gasteiger partial charge in [-0.05, 0) is 36.1 Å². The maximum absolute atomic E-state index is 12.3. The second kappa shape index (κ2) is 7.40. The highest BCUT2D eigenvalue weighted by Gasteiger charge is 2.12. The maximum Gasteiger partial charge on any atom is 0.240 e. The lowest BCUT2D eigenvalue weighted by Gasteiger charge is -2.09. The van der Waals surface area contributed by atoms with Gasteiger partial charge in [-0.15, -0.1) is 0 Å². The normalized spacial score (nSPS) is 10.8. The van der Waals surface area contributed by atoms with Crippen LogP contribution in [-0.2, 0) is 17.9 Å². The topological polar surface area (TPSA) is 56.1 Å². The van der Waals surface area contributed by atoms with Crippen LogP contribution in [0.25, 0.3) is 11.0 Å². The Kier molecular flexibility index (Phi) is 5.05. The van der Waals surface area contributed by atoms with E-state index in [2.05, 4.69) is 10.3 Å². The molecule has 0 saturated heterocycles. The van der Waals surface area contributed by atoms with Crippen molar-refractivity contribution in [2.45, 2.75) is 18.2 Å². The minimum atomic E-state index is -0.0377. The molecule has 0 aliphatic heterocycles. The van der Waals surface area contributed by atoms with Crippen molar-refractivity contribution in [2.75, 3.05) is 13.4 Å². The van der Waals surface area contributed by atoms with E-state index >= 15 is 0 Å². The molecule has 1 amide bonds. The number of imidazole rings is 1. The number of benzene rings is 2. The number of carbonyl (C=O) groups is 1. The largest absolute Gasteiger partial charge is 0.497 e. The summed E-state index contributed by atoms with van der Waals surface area (Å²) in [5.74, 6) is 0.767. The van der Waals surface area contributed by atoms with Crippen LogP contribution in [0.3, 0.4) is 0 Å². The fraction of sp³-hybridized carbons (Fsp3) is 0.222. The monoisotopic (exact) mass is 341 g/mol. The Hall–Kier alpha value is -2.47. The van der Waals surface area contributed by atoms with Gasteiger partial charge in [-0.3, -0.25) is 4.79 Å². The molecule has 1 N–H and O–H groups in total. The molecule has 3 aromatic rings. The average molecular weight is 341 g/mol. The summed E-state index contributed by atoms with van der Waals surface area (Å²) in [5.41, 5.74) is 2.91. The van der Waals surface area contributed by atoms with Crippen molar-refractivity contribution < 1.29 is 9.53 Å². The van der Waals surface area contributed by atoms with Crippen molar-refractivity contribution in [1.82, 2.24) is 14.9 Å². The van der Waals surface area contributed by atoms with Crippen molar-refractivity contribution in [3.63, 3.8) is 0 Å². The Morgan fingerprint density at radius 1 is 1.21 bits per heavy atom. The number of hydrogen-bond acceptors (Lipinski definition) is 4. The van der Waals surface area contributed by atoms with Gasteiger partial charge in [0.25, 0.3) is 0 Å². The second-order valence-corrected chi connectivity index (χ2v) is 6.07. The first-order chi connectivity index (χ1) is 11.7. The number of carbonyl (C=O) groups excluding carboxylic acids is 1. The molecule has 0 aliphatic carbocycles. The van der Waals surface area contributed by atoms with E-state index in [0.29, 0.717) is 6.54 Å². The van der Waals surface area contributed by atoms with Gasteiger partial charge in [0.1, 0.15) is 12.3 Å². The minimum Gasteiger partial charge on any atom is -0.497 e. The number of rotatable bonds is 6. The van der Waals surface area contributed by atoms with E-state index in [1.54, 1.807) is 7.11 Å². The highest BCUT2D eigenvalue weighted by molar-refractivity contribution is 7.98. The SMILES string of the molecule is COc1ccc(CNC(=O)Cn2c(SC)nc3ccccc32)cc1. The Morgan fingerprint density at radius 3 is 2.67 bits per heavy atom. The molecule has 0 saturated carbocycles. The van der Waals surface area contributed by atoms with E-state index in [1.807, 2.05) is 59.4 Å². The zero-order valence-corrected chi connectivity index (χ0v) is 14.5. The van der Waals surface area contributed by atoms with Gasteiger partial charge in [-0.2, -0.15) is 0 Å². The third-order valence-corrected chi connectivity index (χ3v) is 4.43. The van der Waals surface area contributed by atoms with E-state index in [-0.39, 0.29) is 12.5 Å². The van der Waals surface area contributed by atoms with E-state index in [1.165, 1.54) is 11.8 Å². The number of fused-ring (bicyclic) bond motifs is 1.